The van der Waals surface area contributed by atoms with Crippen molar-refractivity contribution < 1.29 is 33.4 Å². The Balaban J connectivity index is 1.54. The van der Waals surface area contributed by atoms with Crippen molar-refractivity contribution in [1.82, 2.24) is 0 Å². The highest BCUT2D eigenvalue weighted by Gasteiger charge is 2.32. The number of hydrogen-bond acceptors (Lipinski definition) is 10. The molecule has 0 radical (unpaired) electrons. The number of esters is 1. The fourth-order valence-corrected chi connectivity index (χ4v) is 4.11. The lowest BCUT2D eigenvalue weighted by Gasteiger charge is -2.27. The molecule has 0 bridgehead atoms. The Kier molecular flexibility index (Phi) is 8.71. The Labute approximate surface area is 230 Å². The van der Waals surface area contributed by atoms with Crippen molar-refractivity contribution in [2.24, 2.45) is 5.73 Å². The van der Waals surface area contributed by atoms with Gasteiger partial charge in [0, 0.05) is 23.8 Å². The zero-order chi connectivity index (χ0) is 28.6. The Morgan fingerprint density at radius 1 is 1.02 bits per heavy atom. The molecule has 11 heteroatoms. The molecule has 0 fully saturated rings. The van der Waals surface area contributed by atoms with Crippen molar-refractivity contribution in [3.63, 3.8) is 0 Å². The largest absolute Gasteiger partial charge is 0.490 e. The van der Waals surface area contributed by atoms with Crippen LogP contribution in [-0.4, -0.2) is 30.7 Å². The van der Waals surface area contributed by atoms with E-state index < -0.39 is 23.4 Å². The summed E-state index contributed by atoms with van der Waals surface area (Å²) in [5.74, 6) is 0.630. The number of benzene rings is 3. The van der Waals surface area contributed by atoms with Crippen molar-refractivity contribution in [2.45, 2.75) is 26.2 Å². The van der Waals surface area contributed by atoms with E-state index in [1.165, 1.54) is 30.3 Å². The van der Waals surface area contributed by atoms with Crippen molar-refractivity contribution in [1.29, 1.82) is 5.26 Å². The first-order valence-electron chi connectivity index (χ1n) is 12.5. The number of carbonyl (C=O) groups excluding carboxylic acids is 1. The predicted molar refractivity (Wildman–Crippen MR) is 143 cm³/mol. The molecule has 1 aliphatic rings. The Morgan fingerprint density at radius 3 is 2.45 bits per heavy atom. The van der Waals surface area contributed by atoms with Crippen molar-refractivity contribution in [3.05, 3.63) is 93.4 Å². The number of carbonyl (C=O) groups is 1. The molecule has 0 spiro atoms. The monoisotopic (exact) mass is 545 g/mol. The van der Waals surface area contributed by atoms with Crippen molar-refractivity contribution >= 4 is 11.7 Å². The van der Waals surface area contributed by atoms with Crippen LogP contribution >= 0.6 is 0 Å². The average molecular weight is 546 g/mol. The van der Waals surface area contributed by atoms with Gasteiger partial charge in [0.25, 0.3) is 5.69 Å². The number of nitriles is 1. The van der Waals surface area contributed by atoms with Crippen LogP contribution in [0.4, 0.5) is 5.69 Å². The molecule has 1 atom stereocenters. The molecule has 0 aliphatic carbocycles. The lowest BCUT2D eigenvalue weighted by Crippen LogP contribution is -2.22. The van der Waals surface area contributed by atoms with Gasteiger partial charge in [-0.15, -0.1) is 0 Å². The molecule has 4 rings (SSSR count). The molecule has 2 N–H and O–H groups in total. The number of nitrogens with two attached hydrogens (primary N) is 1. The number of fused-ring (bicyclic) bond motifs is 1. The standard InChI is InChI=1S/C29H27N3O8/c1-3-13-37-24-12-5-18(14-26(24)36-4-2)28-22-11-10-21(15-25(22)40-29(31)23(28)16-30)39-27(33)17-38-20-8-6-19(7-9-20)32(34)35/h5-12,14-15,28H,3-4,13,17,31H2,1-2H3. The highest BCUT2D eigenvalue weighted by Crippen LogP contribution is 2.45. The van der Waals surface area contributed by atoms with E-state index in [-0.39, 0.29) is 28.6 Å². The third kappa shape index (κ3) is 6.24. The second kappa shape index (κ2) is 12.5. The van der Waals surface area contributed by atoms with E-state index in [1.807, 2.05) is 26.0 Å². The van der Waals surface area contributed by atoms with Crippen molar-refractivity contribution in [3.8, 4) is 34.8 Å². The number of ether oxygens (including phenoxy) is 5. The number of rotatable bonds is 11. The van der Waals surface area contributed by atoms with Crippen LogP contribution in [0.15, 0.2) is 72.1 Å². The molecule has 1 aliphatic heterocycles. The lowest BCUT2D eigenvalue weighted by molar-refractivity contribution is -0.384. The van der Waals surface area contributed by atoms with Gasteiger partial charge in [-0.3, -0.25) is 10.1 Å². The maximum absolute atomic E-state index is 12.4. The molecule has 3 aromatic rings. The number of nitro groups is 1. The molecule has 1 heterocycles. The van der Waals surface area contributed by atoms with Gasteiger partial charge >= 0.3 is 5.97 Å². The summed E-state index contributed by atoms with van der Waals surface area (Å²) in [6.07, 6.45) is 0.842. The van der Waals surface area contributed by atoms with E-state index >= 15 is 0 Å². The SMILES string of the molecule is CCCOc1ccc(C2C(C#N)=C(N)Oc3cc(OC(=O)COc4ccc([N+](=O)[O-])cc4)ccc32)cc1OCC. The number of nitrogens with zero attached hydrogens (tertiary/aromatic N) is 2. The number of non-ortho nitro benzene ring substituents is 1. The summed E-state index contributed by atoms with van der Waals surface area (Å²) in [6, 6.07) is 17.7. The third-order valence-corrected chi connectivity index (χ3v) is 5.89. The summed E-state index contributed by atoms with van der Waals surface area (Å²) in [5, 5.41) is 20.7. The van der Waals surface area contributed by atoms with Crippen LogP contribution in [0.2, 0.25) is 0 Å². The van der Waals surface area contributed by atoms with E-state index in [4.69, 9.17) is 29.4 Å². The molecule has 0 aromatic heterocycles. The first kappa shape index (κ1) is 27.8. The third-order valence-electron chi connectivity index (χ3n) is 5.89. The van der Waals surface area contributed by atoms with E-state index in [9.17, 15) is 20.2 Å². The lowest BCUT2D eigenvalue weighted by atomic mass is 9.83. The fourth-order valence-electron chi connectivity index (χ4n) is 4.11. The number of nitro benzene ring substituents is 1. The maximum Gasteiger partial charge on any atom is 0.349 e. The molecule has 206 valence electrons. The predicted octanol–water partition coefficient (Wildman–Crippen LogP) is 4.98. The van der Waals surface area contributed by atoms with Crippen LogP contribution in [0.5, 0.6) is 28.7 Å². The average Bonchev–Trinajstić information content (AvgIpc) is 2.95. The first-order chi connectivity index (χ1) is 19.3. The number of hydrogen-bond donors (Lipinski definition) is 1. The molecular formula is C29H27N3O8. The van der Waals surface area contributed by atoms with E-state index in [0.29, 0.717) is 36.0 Å². The van der Waals surface area contributed by atoms with Gasteiger partial charge in [-0.05, 0) is 49.2 Å². The highest BCUT2D eigenvalue weighted by atomic mass is 16.6. The fraction of sp³-hybridized carbons (Fsp3) is 0.241. The topological polar surface area (TPSA) is 156 Å². The van der Waals surface area contributed by atoms with E-state index in [1.54, 1.807) is 18.2 Å². The van der Waals surface area contributed by atoms with Gasteiger partial charge in [-0.2, -0.15) is 5.26 Å². The molecule has 0 saturated heterocycles. The van der Waals surface area contributed by atoms with Crippen LogP contribution in [0.25, 0.3) is 0 Å². The summed E-state index contributed by atoms with van der Waals surface area (Å²) in [6.45, 7) is 4.43. The Hall–Kier alpha value is -5.24. The van der Waals surface area contributed by atoms with Gasteiger partial charge in [-0.25, -0.2) is 4.79 Å². The maximum atomic E-state index is 12.4. The summed E-state index contributed by atoms with van der Waals surface area (Å²) in [5.41, 5.74) is 7.67. The van der Waals surface area contributed by atoms with E-state index in [0.717, 1.165) is 12.0 Å². The van der Waals surface area contributed by atoms with Crippen LogP contribution in [-0.2, 0) is 4.79 Å². The van der Waals surface area contributed by atoms with Gasteiger partial charge in [0.2, 0.25) is 5.88 Å². The molecular weight excluding hydrogens is 518 g/mol. The quantitative estimate of drug-likeness (QED) is 0.151. The molecule has 0 amide bonds. The molecule has 0 saturated carbocycles. The smallest absolute Gasteiger partial charge is 0.349 e. The van der Waals surface area contributed by atoms with Crippen LogP contribution < -0.4 is 29.4 Å². The second-order valence-corrected chi connectivity index (χ2v) is 8.63. The highest BCUT2D eigenvalue weighted by molar-refractivity contribution is 5.74. The molecule has 40 heavy (non-hydrogen) atoms. The van der Waals surface area contributed by atoms with Gasteiger partial charge in [0.05, 0.1) is 24.1 Å². The summed E-state index contributed by atoms with van der Waals surface area (Å²) < 4.78 is 28.1. The zero-order valence-electron chi connectivity index (χ0n) is 21.9. The Morgan fingerprint density at radius 2 is 1.77 bits per heavy atom. The minimum atomic E-state index is -0.698. The Bertz CT molecular complexity index is 1480. The minimum absolute atomic E-state index is 0.0609. The number of allylic oxidation sites excluding steroid dienone is 1. The van der Waals surface area contributed by atoms with Gasteiger partial charge in [0.15, 0.2) is 18.1 Å². The second-order valence-electron chi connectivity index (χ2n) is 8.63. The zero-order valence-corrected chi connectivity index (χ0v) is 21.9. The molecule has 1 unspecified atom stereocenters. The summed E-state index contributed by atoms with van der Waals surface area (Å²) in [7, 11) is 0. The van der Waals surface area contributed by atoms with Gasteiger partial charge < -0.3 is 29.4 Å². The van der Waals surface area contributed by atoms with Crippen LogP contribution in [0, 0.1) is 21.4 Å². The summed E-state index contributed by atoms with van der Waals surface area (Å²) >= 11 is 0. The normalized spacial score (nSPS) is 13.9. The minimum Gasteiger partial charge on any atom is -0.490 e. The van der Waals surface area contributed by atoms with Gasteiger partial charge in [0.1, 0.15) is 28.9 Å². The van der Waals surface area contributed by atoms with Crippen molar-refractivity contribution in [2.75, 3.05) is 19.8 Å². The van der Waals surface area contributed by atoms with E-state index in [2.05, 4.69) is 6.07 Å². The first-order valence-corrected chi connectivity index (χ1v) is 12.5. The van der Waals surface area contributed by atoms with Crippen LogP contribution in [0.1, 0.15) is 37.3 Å². The van der Waals surface area contributed by atoms with Crippen LogP contribution in [0.3, 0.4) is 0 Å². The summed E-state index contributed by atoms with van der Waals surface area (Å²) in [4.78, 5) is 22.6. The molecule has 11 nitrogen and oxygen atoms in total. The molecule has 3 aromatic carbocycles. The van der Waals surface area contributed by atoms with Gasteiger partial charge in [-0.1, -0.05) is 19.1 Å².